The van der Waals surface area contributed by atoms with Gasteiger partial charge in [0.1, 0.15) is 18.0 Å². The van der Waals surface area contributed by atoms with Crippen molar-refractivity contribution >= 4 is 8.32 Å². The van der Waals surface area contributed by atoms with Gasteiger partial charge in [0.2, 0.25) is 0 Å². The Bertz CT molecular complexity index is 1260. The lowest BCUT2D eigenvalue weighted by molar-refractivity contribution is -0.159. The second-order valence-electron chi connectivity index (χ2n) is 12.8. The van der Waals surface area contributed by atoms with Crippen molar-refractivity contribution < 1.29 is 33.2 Å². The van der Waals surface area contributed by atoms with Crippen LogP contribution in [0.15, 0.2) is 35.9 Å². The van der Waals surface area contributed by atoms with Crippen LogP contribution in [0.3, 0.4) is 0 Å². The molecule has 2 aliphatic carbocycles. The molecule has 0 unspecified atom stereocenters. The van der Waals surface area contributed by atoms with E-state index in [9.17, 15) is 5.11 Å². The molecule has 7 nitrogen and oxygen atoms in total. The van der Waals surface area contributed by atoms with Crippen molar-refractivity contribution in [2.24, 2.45) is 0 Å². The van der Waals surface area contributed by atoms with Crippen LogP contribution in [0.5, 0.6) is 5.75 Å². The zero-order valence-electron chi connectivity index (χ0n) is 24.2. The number of rotatable bonds is 7. The molecule has 2 aliphatic heterocycles. The van der Waals surface area contributed by atoms with Gasteiger partial charge in [-0.1, -0.05) is 56.6 Å². The van der Waals surface area contributed by atoms with Crippen LogP contribution in [0.1, 0.15) is 46.6 Å². The summed E-state index contributed by atoms with van der Waals surface area (Å²) >= 11 is 0. The minimum atomic E-state index is -2.18. The van der Waals surface area contributed by atoms with Gasteiger partial charge in [-0.25, -0.2) is 0 Å². The number of hydrogen-bond acceptors (Lipinski definition) is 7. The number of aliphatic hydroxyl groups is 1. The van der Waals surface area contributed by atoms with Crippen molar-refractivity contribution in [2.75, 3.05) is 13.7 Å². The second-order valence-corrected chi connectivity index (χ2v) is 17.5. The summed E-state index contributed by atoms with van der Waals surface area (Å²) < 4.78 is 36.8. The van der Waals surface area contributed by atoms with Crippen LogP contribution in [0.25, 0.3) is 0 Å². The van der Waals surface area contributed by atoms with E-state index < -0.39 is 43.6 Å². The van der Waals surface area contributed by atoms with Gasteiger partial charge < -0.3 is 33.2 Å². The van der Waals surface area contributed by atoms with Crippen molar-refractivity contribution in [3.05, 3.63) is 41.5 Å². The first-order valence-electron chi connectivity index (χ1n) is 13.6. The smallest absolute Gasteiger partial charge is 0.193 e. The van der Waals surface area contributed by atoms with Gasteiger partial charge in [-0.05, 0) is 55.8 Å². The molecule has 5 rings (SSSR count). The number of epoxide rings is 1. The maximum atomic E-state index is 11.6. The van der Waals surface area contributed by atoms with Crippen LogP contribution in [-0.4, -0.2) is 68.5 Å². The number of methoxy groups -OCH3 is 1. The topological polar surface area (TPSA) is 78.9 Å². The normalized spacial score (nSPS) is 34.6. The van der Waals surface area contributed by atoms with Gasteiger partial charge in [0.05, 0.1) is 32.8 Å². The average molecular weight is 553 g/mol. The van der Waals surface area contributed by atoms with Crippen molar-refractivity contribution in [3.8, 4) is 29.4 Å². The molecule has 1 spiro atoms. The number of benzene rings is 1. The molecular formula is C31H40O7Si. The third-order valence-electron chi connectivity index (χ3n) is 8.49. The fraction of sp³-hybridized carbons (Fsp3) is 0.613. The monoisotopic (exact) mass is 552 g/mol. The molecule has 4 aliphatic rings. The fourth-order valence-electron chi connectivity index (χ4n) is 4.99. The average Bonchev–Trinajstić information content (AvgIpc) is 3.30. The van der Waals surface area contributed by atoms with E-state index in [0.29, 0.717) is 6.61 Å². The molecule has 1 N–H and O–H groups in total. The van der Waals surface area contributed by atoms with E-state index in [-0.39, 0.29) is 24.2 Å². The Kier molecular flexibility index (Phi) is 7.09. The summed E-state index contributed by atoms with van der Waals surface area (Å²) in [7, 11) is -0.529. The quantitative estimate of drug-likeness (QED) is 0.306. The van der Waals surface area contributed by atoms with Gasteiger partial charge in [0, 0.05) is 5.57 Å². The Morgan fingerprint density at radius 2 is 1.85 bits per heavy atom. The van der Waals surface area contributed by atoms with Gasteiger partial charge in [0.15, 0.2) is 31.4 Å². The molecule has 2 fully saturated rings. The summed E-state index contributed by atoms with van der Waals surface area (Å²) in [4.78, 5) is 0. The largest absolute Gasteiger partial charge is 0.497 e. The van der Waals surface area contributed by atoms with E-state index in [4.69, 9.17) is 28.1 Å². The fourth-order valence-corrected chi connectivity index (χ4v) is 6.22. The molecule has 210 valence electrons. The van der Waals surface area contributed by atoms with Gasteiger partial charge in [-0.3, -0.25) is 0 Å². The van der Waals surface area contributed by atoms with Crippen LogP contribution in [0.2, 0.25) is 18.1 Å². The Balaban J connectivity index is 1.47. The predicted molar refractivity (Wildman–Crippen MR) is 149 cm³/mol. The van der Waals surface area contributed by atoms with E-state index in [1.54, 1.807) is 7.11 Å². The number of ether oxygens (including phenoxy) is 5. The van der Waals surface area contributed by atoms with Crippen molar-refractivity contribution in [3.63, 3.8) is 0 Å². The predicted octanol–water partition coefficient (Wildman–Crippen LogP) is 4.34. The molecule has 0 radical (unpaired) electrons. The minimum absolute atomic E-state index is 0.00485. The van der Waals surface area contributed by atoms with E-state index in [1.807, 2.05) is 44.2 Å². The summed E-state index contributed by atoms with van der Waals surface area (Å²) in [5.41, 5.74) is -0.558. The molecule has 2 heterocycles. The van der Waals surface area contributed by atoms with Crippen molar-refractivity contribution in [2.45, 2.75) is 107 Å². The Labute approximate surface area is 233 Å². The third kappa shape index (κ3) is 5.32. The SMILES string of the molecule is COc1ccc(CO[C@@H]2[C@@H](O[Si](C)(C)C(C)(C)C)C=C3C#C[C@@](O)([C@H]4COC(C)(C)O4)CC#C[C@@H]4O[C@@]342)cc1. The molecule has 0 amide bonds. The van der Waals surface area contributed by atoms with Crippen LogP contribution in [0, 0.1) is 23.7 Å². The molecule has 1 aromatic rings. The van der Waals surface area contributed by atoms with Crippen LogP contribution in [0.4, 0.5) is 0 Å². The zero-order valence-corrected chi connectivity index (χ0v) is 25.2. The molecule has 0 saturated carbocycles. The standard InChI is InChI=1S/C31H40O7Si/c1-28(2,3)39(7,8)38-24-18-22-15-17-30(32,26-20-35-29(4,5)36-26)16-9-10-25-31(22,37-25)27(24)34-19-21-11-13-23(33-6)14-12-21/h11-14,18,24-27,32H,16,19-20H2,1-8H3/t24-,25-,26+,27+,30+,31-/m0/s1. The van der Waals surface area contributed by atoms with Gasteiger partial charge in [0.25, 0.3) is 0 Å². The maximum absolute atomic E-state index is 11.6. The van der Waals surface area contributed by atoms with Gasteiger partial charge >= 0.3 is 0 Å². The van der Waals surface area contributed by atoms with Crippen LogP contribution < -0.4 is 4.74 Å². The molecule has 6 atom stereocenters. The highest BCUT2D eigenvalue weighted by atomic mass is 28.4. The van der Waals surface area contributed by atoms with E-state index >= 15 is 0 Å². The third-order valence-corrected chi connectivity index (χ3v) is 13.0. The van der Waals surface area contributed by atoms with Crippen molar-refractivity contribution in [1.82, 2.24) is 0 Å². The molecule has 1 aromatic carbocycles. The first kappa shape index (κ1) is 28.4. The first-order valence-corrected chi connectivity index (χ1v) is 16.5. The lowest BCUT2D eigenvalue weighted by atomic mass is 9.92. The van der Waals surface area contributed by atoms with E-state index in [0.717, 1.165) is 16.9 Å². The molecule has 2 saturated heterocycles. The van der Waals surface area contributed by atoms with E-state index in [1.165, 1.54) is 0 Å². The second kappa shape index (κ2) is 9.75. The summed E-state index contributed by atoms with van der Waals surface area (Å²) in [6.45, 7) is 15.4. The summed E-state index contributed by atoms with van der Waals surface area (Å²) in [5, 5.41) is 11.6. The first-order chi connectivity index (χ1) is 18.2. The molecule has 8 heteroatoms. The van der Waals surface area contributed by atoms with E-state index in [2.05, 4.69) is 57.5 Å². The molecular weight excluding hydrogens is 512 g/mol. The highest BCUT2D eigenvalue weighted by Crippen LogP contribution is 2.54. The van der Waals surface area contributed by atoms with Gasteiger partial charge in [-0.2, -0.15) is 0 Å². The van der Waals surface area contributed by atoms with Crippen LogP contribution >= 0.6 is 0 Å². The molecule has 39 heavy (non-hydrogen) atoms. The highest BCUT2D eigenvalue weighted by molar-refractivity contribution is 6.74. The Hall–Kier alpha value is -2.14. The Morgan fingerprint density at radius 3 is 2.46 bits per heavy atom. The molecule has 0 aromatic heterocycles. The summed E-state index contributed by atoms with van der Waals surface area (Å²) in [6.07, 6.45) is 0.353. The summed E-state index contributed by atoms with van der Waals surface area (Å²) in [5.74, 6) is 12.7. The maximum Gasteiger partial charge on any atom is 0.193 e. The van der Waals surface area contributed by atoms with Crippen molar-refractivity contribution in [1.29, 1.82) is 0 Å². The number of hydrogen-bond donors (Lipinski definition) is 1. The minimum Gasteiger partial charge on any atom is -0.497 e. The van der Waals surface area contributed by atoms with Crippen LogP contribution in [-0.2, 0) is 30.0 Å². The molecule has 0 bridgehead atoms. The zero-order chi connectivity index (χ0) is 28.3. The summed E-state index contributed by atoms with van der Waals surface area (Å²) in [6, 6.07) is 7.82. The lowest BCUT2D eigenvalue weighted by Crippen LogP contribution is -2.49. The highest BCUT2D eigenvalue weighted by Gasteiger charge is 2.70. The lowest BCUT2D eigenvalue weighted by Gasteiger charge is -2.39. The van der Waals surface area contributed by atoms with Gasteiger partial charge in [-0.15, -0.1) is 0 Å². The Morgan fingerprint density at radius 1 is 1.13 bits per heavy atom.